The van der Waals surface area contributed by atoms with E-state index >= 15 is 0 Å². The zero-order valence-corrected chi connectivity index (χ0v) is 64.5. The number of benzene rings is 17. The van der Waals surface area contributed by atoms with E-state index in [9.17, 15) is 0 Å². The number of hydrogen-bond acceptors (Lipinski definition) is 6. The molecule has 0 saturated heterocycles. The fourth-order valence-electron chi connectivity index (χ4n) is 18.7. The predicted octanol–water partition coefficient (Wildman–Crippen LogP) is 26.6. The molecule has 8 heterocycles. The Balaban J connectivity index is 0.605. The molecule has 12 nitrogen and oxygen atoms in total. The van der Waals surface area contributed by atoms with Gasteiger partial charge in [0, 0.05) is 82.9 Å². The molecular formula is C108H66N12. The second-order valence-corrected chi connectivity index (χ2v) is 31.0. The molecule has 0 atom stereocenters. The van der Waals surface area contributed by atoms with Gasteiger partial charge < -0.3 is 9.13 Å². The first kappa shape index (κ1) is 66.9. The quantitative estimate of drug-likeness (QED) is 0.121. The highest BCUT2D eigenvalue weighted by Crippen LogP contribution is 2.45. The number of hydrogen-bond donors (Lipinski definition) is 0. The Kier molecular flexibility index (Phi) is 14.8. The molecule has 0 fully saturated rings. The summed E-state index contributed by atoms with van der Waals surface area (Å²) in [5, 5.41) is 6.61. The molecule has 120 heavy (non-hydrogen) atoms. The normalized spacial score (nSPS) is 12.0. The Morgan fingerprint density at radius 3 is 1.27 bits per heavy atom. The maximum atomic E-state index is 5.74. The molecule has 12 heteroatoms. The van der Waals surface area contributed by atoms with Crippen molar-refractivity contribution in [2.24, 2.45) is 0 Å². The molecule has 0 unspecified atom stereocenters. The van der Waals surface area contributed by atoms with E-state index in [1.807, 2.05) is 12.1 Å². The Morgan fingerprint density at radius 2 is 0.592 bits per heavy atom. The van der Waals surface area contributed by atoms with Crippen molar-refractivity contribution in [1.29, 1.82) is 0 Å². The van der Waals surface area contributed by atoms with Crippen LogP contribution in [-0.4, -0.2) is 57.0 Å². The summed E-state index contributed by atoms with van der Waals surface area (Å²) in [6.45, 7) is 0. The lowest BCUT2D eigenvalue weighted by molar-refractivity contribution is 1.11. The van der Waals surface area contributed by atoms with Crippen molar-refractivity contribution >= 4 is 121 Å². The molecule has 0 N–H and O–H groups in total. The first-order valence-corrected chi connectivity index (χ1v) is 40.6. The SMILES string of the molecule is c1ccc(-c2cc(-c3nc(-c4ccccc4)c4cc(-c5ccccc5)ccc4n3)cc(-n3c4ccccc4c4cc(-n5c6ccc(-c7cccc8c7nc7n(-c9ccccc9)c9ccc(-c%10ccc%11c(c%10)c%10ccccc%10n%11-c%10ccc(-c%11nc(-c%12ccccc%12)c%12ccccc%12n%11)cc%10)cc9n87)cc6n6c7ccccc7nc56)ccc43)c2)cc1. The average molecular weight is 1530 g/mol. The van der Waals surface area contributed by atoms with Gasteiger partial charge in [-0.15, -0.1) is 0 Å². The lowest BCUT2D eigenvalue weighted by Crippen LogP contribution is -1.99. The van der Waals surface area contributed by atoms with E-state index in [2.05, 4.69) is 415 Å². The van der Waals surface area contributed by atoms with Crippen molar-refractivity contribution in [3.05, 3.63) is 400 Å². The van der Waals surface area contributed by atoms with E-state index < -0.39 is 0 Å². The molecule has 0 bridgehead atoms. The van der Waals surface area contributed by atoms with Gasteiger partial charge in [-0.3, -0.25) is 17.9 Å². The average Bonchev–Trinajstić information content (AvgIpc) is 1.55. The second kappa shape index (κ2) is 26.6. The first-order valence-electron chi connectivity index (χ1n) is 40.6. The van der Waals surface area contributed by atoms with Crippen molar-refractivity contribution in [2.45, 2.75) is 0 Å². The van der Waals surface area contributed by atoms with Crippen LogP contribution in [0.3, 0.4) is 0 Å². The summed E-state index contributed by atoms with van der Waals surface area (Å²) in [4.78, 5) is 32.5. The molecule has 0 aliphatic heterocycles. The summed E-state index contributed by atoms with van der Waals surface area (Å²) in [7, 11) is 0. The molecular weight excluding hydrogens is 1470 g/mol. The van der Waals surface area contributed by atoms with Crippen LogP contribution >= 0.6 is 0 Å². The van der Waals surface area contributed by atoms with Crippen molar-refractivity contribution in [3.8, 4) is 113 Å². The second-order valence-electron chi connectivity index (χ2n) is 31.0. The van der Waals surface area contributed by atoms with Crippen molar-refractivity contribution in [1.82, 2.24) is 57.0 Å². The van der Waals surface area contributed by atoms with E-state index in [0.717, 1.165) is 211 Å². The van der Waals surface area contributed by atoms with Crippen LogP contribution in [0.5, 0.6) is 0 Å². The van der Waals surface area contributed by atoms with Gasteiger partial charge in [0.2, 0.25) is 11.6 Å². The minimum Gasteiger partial charge on any atom is -0.309 e. The van der Waals surface area contributed by atoms with Crippen LogP contribution in [0.2, 0.25) is 0 Å². The van der Waals surface area contributed by atoms with Gasteiger partial charge in [-0.25, -0.2) is 29.9 Å². The molecule has 0 aliphatic carbocycles. The molecule has 0 aliphatic rings. The molecule has 0 spiro atoms. The van der Waals surface area contributed by atoms with Crippen LogP contribution in [0.15, 0.2) is 400 Å². The van der Waals surface area contributed by atoms with Crippen molar-refractivity contribution in [2.75, 3.05) is 0 Å². The Bertz CT molecular complexity index is 8510. The topological polar surface area (TPSA) is 106 Å². The molecule has 17 aromatic carbocycles. The van der Waals surface area contributed by atoms with Crippen molar-refractivity contribution < 1.29 is 0 Å². The van der Waals surface area contributed by atoms with Gasteiger partial charge in [0.1, 0.15) is 0 Å². The third-order valence-electron chi connectivity index (χ3n) is 24.2. The standard InChI is InChI=1S/C108H66N12/c1-6-25-67(26-7-1)72-47-54-90-88(63-72)103(70-31-12-4-13-32-70)113-106(110-90)77-59-76(68-27-8-2-9-28-68)60-81(61-77)116-93-42-22-18-36-84(93)87-66-80(53-58-95(87)116)118-98-57-50-75(65-101(98)119-96-43-23-20-40-91(96)111-107(118)119)82-38-24-44-99-104(82)114-108-117(78-33-14-5-15-34-78)97-56-49-74(64-100(97)120(99)108)73-48-55-94-86(62-73)83-35-17-21-41-92(83)115(94)79-51-45-71(46-52-79)105-109-89-39-19-16-37-85(89)102(112-105)69-29-10-3-11-30-69/h1-66H. The molecule has 25 aromatic rings. The van der Waals surface area contributed by atoms with Gasteiger partial charge in [0.05, 0.1) is 88.6 Å². The minimum absolute atomic E-state index is 0.648. The number of para-hydroxylation sites is 7. The van der Waals surface area contributed by atoms with Crippen LogP contribution in [0.4, 0.5) is 0 Å². The maximum absolute atomic E-state index is 5.74. The molecule has 0 radical (unpaired) electrons. The van der Waals surface area contributed by atoms with Crippen molar-refractivity contribution in [3.63, 3.8) is 0 Å². The number of nitrogens with zero attached hydrogens (tertiary/aromatic N) is 12. The third kappa shape index (κ3) is 10.5. The monoisotopic (exact) mass is 1530 g/mol. The number of aromatic nitrogens is 12. The maximum Gasteiger partial charge on any atom is 0.220 e. The summed E-state index contributed by atoms with van der Waals surface area (Å²) >= 11 is 0. The third-order valence-corrected chi connectivity index (χ3v) is 24.2. The summed E-state index contributed by atoms with van der Waals surface area (Å²) in [6.07, 6.45) is 0. The van der Waals surface area contributed by atoms with Crippen LogP contribution in [0.1, 0.15) is 0 Å². The predicted molar refractivity (Wildman–Crippen MR) is 491 cm³/mol. The van der Waals surface area contributed by atoms with Gasteiger partial charge in [-0.2, -0.15) is 0 Å². The van der Waals surface area contributed by atoms with E-state index in [1.165, 1.54) is 10.8 Å². The number of rotatable bonds is 12. The van der Waals surface area contributed by atoms with Crippen LogP contribution in [0, 0.1) is 0 Å². The summed E-state index contributed by atoms with van der Waals surface area (Å²) in [5.41, 5.74) is 32.7. The lowest BCUT2D eigenvalue weighted by atomic mass is 9.99. The van der Waals surface area contributed by atoms with Crippen LogP contribution in [0.25, 0.3) is 234 Å². The molecule has 8 aromatic heterocycles. The highest BCUT2D eigenvalue weighted by atomic mass is 15.2. The zero-order chi connectivity index (χ0) is 78.6. The van der Waals surface area contributed by atoms with E-state index in [4.69, 9.17) is 29.9 Å². The summed E-state index contributed by atoms with van der Waals surface area (Å²) in [5.74, 6) is 2.99. The summed E-state index contributed by atoms with van der Waals surface area (Å²) < 4.78 is 14.1. The van der Waals surface area contributed by atoms with Gasteiger partial charge >= 0.3 is 0 Å². The zero-order valence-electron chi connectivity index (χ0n) is 64.5. The van der Waals surface area contributed by atoms with Gasteiger partial charge in [0.15, 0.2) is 11.6 Å². The highest BCUT2D eigenvalue weighted by Gasteiger charge is 2.26. The number of imidazole rings is 4. The molecule has 0 amide bonds. The first-order chi connectivity index (χ1) is 59.5. The highest BCUT2D eigenvalue weighted by molar-refractivity contribution is 6.13. The molecule has 25 rings (SSSR count). The van der Waals surface area contributed by atoms with Crippen LogP contribution in [-0.2, 0) is 0 Å². The summed E-state index contributed by atoms with van der Waals surface area (Å²) in [6, 6.07) is 143. The van der Waals surface area contributed by atoms with Gasteiger partial charge in [-0.05, 0) is 197 Å². The van der Waals surface area contributed by atoms with Gasteiger partial charge in [0.25, 0.3) is 0 Å². The largest absolute Gasteiger partial charge is 0.309 e. The fraction of sp³-hybridized carbons (Fsp3) is 0. The number of fused-ring (bicyclic) bond motifs is 18. The Morgan fingerprint density at radius 1 is 0.167 bits per heavy atom. The lowest BCUT2D eigenvalue weighted by Gasteiger charge is -2.15. The Labute approximate surface area is 686 Å². The molecule has 558 valence electrons. The van der Waals surface area contributed by atoms with E-state index in [-0.39, 0.29) is 0 Å². The smallest absolute Gasteiger partial charge is 0.220 e. The molecule has 0 saturated carbocycles. The van der Waals surface area contributed by atoms with E-state index in [0.29, 0.717) is 11.6 Å². The van der Waals surface area contributed by atoms with Gasteiger partial charge in [-0.1, -0.05) is 243 Å². The van der Waals surface area contributed by atoms with Crippen LogP contribution < -0.4 is 0 Å². The van der Waals surface area contributed by atoms with E-state index in [1.54, 1.807) is 0 Å². The fourth-order valence-corrected chi connectivity index (χ4v) is 18.7. The minimum atomic E-state index is 0.648. The Hall–Kier alpha value is -16.4.